The van der Waals surface area contributed by atoms with Crippen LogP contribution in [-0.2, 0) is 6.42 Å². The molecule has 0 unspecified atom stereocenters. The van der Waals surface area contributed by atoms with Crippen molar-refractivity contribution in [2.75, 3.05) is 0 Å². The van der Waals surface area contributed by atoms with Crippen LogP contribution in [0.3, 0.4) is 0 Å². The molecule has 1 N–H and O–H groups in total. The van der Waals surface area contributed by atoms with Gasteiger partial charge in [-0.25, -0.2) is 0 Å². The van der Waals surface area contributed by atoms with Gasteiger partial charge in [0.05, 0.1) is 0 Å². The summed E-state index contributed by atoms with van der Waals surface area (Å²) in [7, 11) is 0. The average Bonchev–Trinajstić information content (AvgIpc) is 2.71. The molecule has 1 heterocycles. The lowest BCUT2D eigenvalue weighted by Crippen LogP contribution is -2.11. The van der Waals surface area contributed by atoms with Crippen molar-refractivity contribution in [2.24, 2.45) is 17.8 Å². The van der Waals surface area contributed by atoms with E-state index in [0.29, 0.717) is 0 Å². The Morgan fingerprint density at radius 1 is 0.947 bits per heavy atom. The second kappa shape index (κ2) is 6.27. The Bertz CT molecular complexity index is 497. The van der Waals surface area contributed by atoms with Crippen molar-refractivity contribution in [1.82, 2.24) is 4.98 Å². The molecule has 2 rings (SSSR count). The summed E-state index contributed by atoms with van der Waals surface area (Å²) in [6.07, 6.45) is 6.08. The number of aromatic nitrogens is 1. The summed E-state index contributed by atoms with van der Waals surface area (Å²) in [5, 5.41) is 1.40. The van der Waals surface area contributed by atoms with Crippen molar-refractivity contribution in [3.05, 3.63) is 36.0 Å². The fourth-order valence-electron chi connectivity index (χ4n) is 3.21. The Kier molecular flexibility index (Phi) is 4.68. The molecule has 0 spiro atoms. The first kappa shape index (κ1) is 14.2. The lowest BCUT2D eigenvalue weighted by Gasteiger charge is -2.20. The van der Waals surface area contributed by atoms with E-state index in [2.05, 4.69) is 63.1 Å². The van der Waals surface area contributed by atoms with Gasteiger partial charge in [-0.05, 0) is 48.6 Å². The molecule has 104 valence electrons. The van der Waals surface area contributed by atoms with Gasteiger partial charge in [-0.3, -0.25) is 0 Å². The van der Waals surface area contributed by atoms with E-state index in [4.69, 9.17) is 0 Å². The Balaban J connectivity index is 2.15. The number of fused-ring (bicyclic) bond motifs is 1. The smallest absolute Gasteiger partial charge is 0.0456 e. The van der Waals surface area contributed by atoms with Crippen molar-refractivity contribution < 1.29 is 0 Å². The Hall–Kier alpha value is -1.24. The van der Waals surface area contributed by atoms with Crippen molar-refractivity contribution in [1.29, 1.82) is 0 Å². The quantitative estimate of drug-likeness (QED) is 0.711. The van der Waals surface area contributed by atoms with Gasteiger partial charge in [-0.2, -0.15) is 0 Å². The summed E-state index contributed by atoms with van der Waals surface area (Å²) in [6.45, 7) is 9.34. The molecule has 0 atom stereocenters. The molecule has 0 saturated carbocycles. The van der Waals surface area contributed by atoms with E-state index in [9.17, 15) is 0 Å². The van der Waals surface area contributed by atoms with Gasteiger partial charge in [0.1, 0.15) is 0 Å². The Morgan fingerprint density at radius 3 is 2.21 bits per heavy atom. The molecule has 0 aliphatic carbocycles. The number of rotatable bonds is 6. The van der Waals surface area contributed by atoms with E-state index >= 15 is 0 Å². The van der Waals surface area contributed by atoms with E-state index in [1.165, 1.54) is 35.7 Å². The average molecular weight is 257 g/mol. The minimum absolute atomic E-state index is 0.786. The van der Waals surface area contributed by atoms with Crippen LogP contribution in [0, 0.1) is 17.8 Å². The Labute approximate surface area is 117 Å². The largest absolute Gasteiger partial charge is 0.361 e. The number of para-hydroxylation sites is 1. The first-order valence-corrected chi connectivity index (χ1v) is 7.61. The third-order valence-electron chi connectivity index (χ3n) is 3.79. The summed E-state index contributed by atoms with van der Waals surface area (Å²) in [5.41, 5.74) is 2.76. The summed E-state index contributed by atoms with van der Waals surface area (Å²) in [5.74, 6) is 2.38. The normalized spacial score (nSPS) is 12.2. The number of nitrogens with one attached hydrogen (secondary N) is 1. The highest BCUT2D eigenvalue weighted by molar-refractivity contribution is 5.83. The molecule has 0 aliphatic heterocycles. The minimum atomic E-state index is 0.786. The zero-order valence-electron chi connectivity index (χ0n) is 12.7. The van der Waals surface area contributed by atoms with Crippen LogP contribution < -0.4 is 0 Å². The van der Waals surface area contributed by atoms with Crippen LogP contribution in [0.2, 0.25) is 0 Å². The first-order valence-electron chi connectivity index (χ1n) is 7.61. The highest BCUT2D eigenvalue weighted by atomic mass is 14.7. The lowest BCUT2D eigenvalue weighted by atomic mass is 9.85. The third-order valence-corrected chi connectivity index (χ3v) is 3.79. The van der Waals surface area contributed by atoms with Gasteiger partial charge in [0.2, 0.25) is 0 Å². The second-order valence-corrected chi connectivity index (χ2v) is 6.69. The summed E-state index contributed by atoms with van der Waals surface area (Å²) in [4.78, 5) is 3.40. The van der Waals surface area contributed by atoms with Crippen molar-refractivity contribution in [3.8, 4) is 0 Å². The van der Waals surface area contributed by atoms with Gasteiger partial charge in [0.15, 0.2) is 0 Å². The molecule has 19 heavy (non-hydrogen) atoms. The molecule has 0 bridgehead atoms. The fraction of sp³-hybridized carbons (Fsp3) is 0.556. The van der Waals surface area contributed by atoms with Crippen molar-refractivity contribution >= 4 is 10.9 Å². The second-order valence-electron chi connectivity index (χ2n) is 6.69. The predicted octanol–water partition coefficient (Wildman–Crippen LogP) is 5.42. The van der Waals surface area contributed by atoms with E-state index < -0.39 is 0 Å². The van der Waals surface area contributed by atoms with Gasteiger partial charge in [0, 0.05) is 17.1 Å². The van der Waals surface area contributed by atoms with Gasteiger partial charge >= 0.3 is 0 Å². The van der Waals surface area contributed by atoms with Crippen molar-refractivity contribution in [3.63, 3.8) is 0 Å². The van der Waals surface area contributed by atoms with Gasteiger partial charge < -0.3 is 4.98 Å². The van der Waals surface area contributed by atoms with Crippen LogP contribution in [0.15, 0.2) is 30.5 Å². The molecule has 0 saturated heterocycles. The standard InChI is InChI=1S/C18H27N/c1-13(2)9-15(10-14(3)4)11-16-12-19-18-8-6-5-7-17(16)18/h5-8,12-15,19H,9-11H2,1-4H3. The molecule has 2 aromatic rings. The first-order chi connectivity index (χ1) is 9.06. The van der Waals surface area contributed by atoms with Crippen LogP contribution >= 0.6 is 0 Å². The van der Waals surface area contributed by atoms with Gasteiger partial charge in [-0.1, -0.05) is 45.9 Å². The maximum atomic E-state index is 3.40. The maximum Gasteiger partial charge on any atom is 0.0456 e. The molecule has 1 aromatic heterocycles. The number of aromatic amines is 1. The van der Waals surface area contributed by atoms with Crippen molar-refractivity contribution in [2.45, 2.75) is 47.0 Å². The number of hydrogen-bond donors (Lipinski definition) is 1. The number of H-pyrrole nitrogens is 1. The topological polar surface area (TPSA) is 15.8 Å². The molecule has 0 aliphatic rings. The third kappa shape index (κ3) is 3.86. The molecule has 1 heteroatoms. The molecule has 0 amide bonds. The number of benzene rings is 1. The lowest BCUT2D eigenvalue weighted by molar-refractivity contribution is 0.342. The summed E-state index contributed by atoms with van der Waals surface area (Å²) < 4.78 is 0. The van der Waals surface area contributed by atoms with Crippen LogP contribution in [0.1, 0.15) is 46.1 Å². The van der Waals surface area contributed by atoms with E-state index in [-0.39, 0.29) is 0 Å². The van der Waals surface area contributed by atoms with Gasteiger partial charge in [-0.15, -0.1) is 0 Å². The zero-order chi connectivity index (χ0) is 13.8. The molecule has 1 nitrogen and oxygen atoms in total. The highest BCUT2D eigenvalue weighted by Crippen LogP contribution is 2.27. The highest BCUT2D eigenvalue weighted by Gasteiger charge is 2.15. The monoisotopic (exact) mass is 257 g/mol. The van der Waals surface area contributed by atoms with Crippen LogP contribution in [-0.4, -0.2) is 4.98 Å². The van der Waals surface area contributed by atoms with E-state index in [1.54, 1.807) is 0 Å². The maximum absolute atomic E-state index is 3.40. The summed E-state index contributed by atoms with van der Waals surface area (Å²) in [6, 6.07) is 8.64. The van der Waals surface area contributed by atoms with Crippen LogP contribution in [0.5, 0.6) is 0 Å². The van der Waals surface area contributed by atoms with E-state index in [0.717, 1.165) is 17.8 Å². The predicted molar refractivity (Wildman–Crippen MR) is 84.4 cm³/mol. The minimum Gasteiger partial charge on any atom is -0.361 e. The molecule has 0 fully saturated rings. The number of hydrogen-bond acceptors (Lipinski definition) is 0. The summed E-state index contributed by atoms with van der Waals surface area (Å²) >= 11 is 0. The van der Waals surface area contributed by atoms with Gasteiger partial charge in [0.25, 0.3) is 0 Å². The zero-order valence-corrected chi connectivity index (χ0v) is 12.7. The van der Waals surface area contributed by atoms with E-state index in [1.807, 2.05) is 0 Å². The van der Waals surface area contributed by atoms with Crippen LogP contribution in [0.25, 0.3) is 10.9 Å². The Morgan fingerprint density at radius 2 is 1.58 bits per heavy atom. The molecule has 1 aromatic carbocycles. The fourth-order valence-corrected chi connectivity index (χ4v) is 3.21. The van der Waals surface area contributed by atoms with Crippen LogP contribution in [0.4, 0.5) is 0 Å². The molecule has 0 radical (unpaired) electrons. The SMILES string of the molecule is CC(C)CC(Cc1c[nH]c2ccccc12)CC(C)C. The molecular weight excluding hydrogens is 230 g/mol. The molecular formula is C18H27N.